The van der Waals surface area contributed by atoms with E-state index in [9.17, 15) is 18.0 Å². The summed E-state index contributed by atoms with van der Waals surface area (Å²) in [5, 5.41) is 0. The molecule has 3 rings (SSSR count). The third-order valence-corrected chi connectivity index (χ3v) is 6.90. The second-order valence-corrected chi connectivity index (χ2v) is 9.00. The minimum absolute atomic E-state index is 0.178. The number of rotatable bonds is 4. The number of hydrogen-bond donors (Lipinski definition) is 0. The van der Waals surface area contributed by atoms with Gasteiger partial charge in [0.25, 0.3) is 5.91 Å². The molecule has 2 aromatic carbocycles. The summed E-state index contributed by atoms with van der Waals surface area (Å²) in [6, 6.07) is 11.4. The van der Waals surface area contributed by atoms with Crippen molar-refractivity contribution < 1.29 is 22.7 Å². The zero-order valence-corrected chi connectivity index (χ0v) is 17.5. The van der Waals surface area contributed by atoms with E-state index < -0.39 is 16.0 Å². The second kappa shape index (κ2) is 8.34. The first-order chi connectivity index (χ1) is 13.7. The van der Waals surface area contributed by atoms with E-state index in [1.807, 2.05) is 19.9 Å². The summed E-state index contributed by atoms with van der Waals surface area (Å²) in [6.07, 6.45) is 0. The number of aryl methyl sites for hydroxylation is 2. The van der Waals surface area contributed by atoms with Gasteiger partial charge in [0.05, 0.1) is 4.90 Å². The van der Waals surface area contributed by atoms with Crippen LogP contribution in [0.3, 0.4) is 0 Å². The van der Waals surface area contributed by atoms with Gasteiger partial charge in [0.15, 0.2) is 0 Å². The fourth-order valence-corrected chi connectivity index (χ4v) is 4.68. The van der Waals surface area contributed by atoms with E-state index in [-0.39, 0.29) is 23.9 Å². The summed E-state index contributed by atoms with van der Waals surface area (Å²) in [6.45, 7) is 6.25. The zero-order chi connectivity index (χ0) is 21.2. The molecule has 0 saturated carbocycles. The van der Waals surface area contributed by atoms with Gasteiger partial charge in [0.2, 0.25) is 10.0 Å². The van der Waals surface area contributed by atoms with E-state index in [4.69, 9.17) is 4.74 Å². The van der Waals surface area contributed by atoms with Crippen LogP contribution in [0.15, 0.2) is 47.4 Å². The maximum atomic E-state index is 12.9. The maximum Gasteiger partial charge on any atom is 0.308 e. The summed E-state index contributed by atoms with van der Waals surface area (Å²) in [7, 11) is -3.59. The standard InChI is InChI=1S/C21H24N2O5S/c1-15-4-9-20(14-16(15)2)29(26,27)23-12-10-22(11-13-23)21(25)18-5-7-19(8-6-18)28-17(3)24/h4-9,14H,10-13H2,1-3H3. The van der Waals surface area contributed by atoms with Gasteiger partial charge in [-0.05, 0) is 61.4 Å². The van der Waals surface area contributed by atoms with Crippen molar-refractivity contribution in [2.75, 3.05) is 26.2 Å². The highest BCUT2D eigenvalue weighted by Crippen LogP contribution is 2.21. The summed E-state index contributed by atoms with van der Waals surface area (Å²) >= 11 is 0. The highest BCUT2D eigenvalue weighted by molar-refractivity contribution is 7.89. The van der Waals surface area contributed by atoms with E-state index in [1.165, 1.54) is 11.2 Å². The molecule has 0 aliphatic carbocycles. The van der Waals surface area contributed by atoms with Crippen molar-refractivity contribution in [3.05, 3.63) is 59.2 Å². The Kier molecular flexibility index (Phi) is 6.04. The second-order valence-electron chi connectivity index (χ2n) is 7.06. The highest BCUT2D eigenvalue weighted by Gasteiger charge is 2.30. The van der Waals surface area contributed by atoms with E-state index in [0.717, 1.165) is 11.1 Å². The zero-order valence-electron chi connectivity index (χ0n) is 16.7. The van der Waals surface area contributed by atoms with E-state index in [2.05, 4.69) is 0 Å². The molecule has 8 heteroatoms. The van der Waals surface area contributed by atoms with Crippen LogP contribution in [0.25, 0.3) is 0 Å². The lowest BCUT2D eigenvalue weighted by Crippen LogP contribution is -2.50. The Bertz CT molecular complexity index is 1020. The van der Waals surface area contributed by atoms with Crippen LogP contribution in [-0.2, 0) is 14.8 Å². The van der Waals surface area contributed by atoms with Crippen molar-refractivity contribution >= 4 is 21.9 Å². The molecule has 0 unspecified atom stereocenters. The van der Waals surface area contributed by atoms with Crippen molar-refractivity contribution in [1.82, 2.24) is 9.21 Å². The Labute approximate surface area is 170 Å². The van der Waals surface area contributed by atoms with Crippen molar-refractivity contribution in [2.24, 2.45) is 0 Å². The van der Waals surface area contributed by atoms with Gasteiger partial charge in [0, 0.05) is 38.7 Å². The topological polar surface area (TPSA) is 84.0 Å². The first-order valence-electron chi connectivity index (χ1n) is 9.33. The van der Waals surface area contributed by atoms with E-state index in [0.29, 0.717) is 24.4 Å². The molecule has 1 fully saturated rings. The minimum atomic E-state index is -3.59. The van der Waals surface area contributed by atoms with Gasteiger partial charge in [-0.1, -0.05) is 6.07 Å². The first-order valence-corrected chi connectivity index (χ1v) is 10.8. The summed E-state index contributed by atoms with van der Waals surface area (Å²) < 4.78 is 32.2. The van der Waals surface area contributed by atoms with Crippen LogP contribution in [0.5, 0.6) is 5.75 Å². The van der Waals surface area contributed by atoms with Crippen LogP contribution < -0.4 is 4.74 Å². The van der Waals surface area contributed by atoms with Crippen molar-refractivity contribution in [2.45, 2.75) is 25.7 Å². The molecule has 0 spiro atoms. The number of amides is 1. The van der Waals surface area contributed by atoms with Crippen LogP contribution in [0.4, 0.5) is 0 Å². The van der Waals surface area contributed by atoms with Gasteiger partial charge in [-0.15, -0.1) is 0 Å². The smallest absolute Gasteiger partial charge is 0.308 e. The van der Waals surface area contributed by atoms with Crippen molar-refractivity contribution in [3.63, 3.8) is 0 Å². The molecule has 2 aromatic rings. The normalized spacial score (nSPS) is 15.2. The lowest BCUT2D eigenvalue weighted by Gasteiger charge is -2.34. The Morgan fingerprint density at radius 1 is 0.897 bits per heavy atom. The van der Waals surface area contributed by atoms with E-state index >= 15 is 0 Å². The Morgan fingerprint density at radius 2 is 1.52 bits per heavy atom. The summed E-state index contributed by atoms with van der Waals surface area (Å²) in [5.74, 6) is -0.230. The van der Waals surface area contributed by atoms with Gasteiger partial charge in [-0.2, -0.15) is 4.31 Å². The van der Waals surface area contributed by atoms with Gasteiger partial charge in [-0.25, -0.2) is 8.42 Å². The average Bonchev–Trinajstić information content (AvgIpc) is 2.69. The molecule has 1 saturated heterocycles. The largest absolute Gasteiger partial charge is 0.427 e. The molecule has 1 amide bonds. The number of carbonyl (C=O) groups is 2. The predicted molar refractivity (Wildman–Crippen MR) is 108 cm³/mol. The van der Waals surface area contributed by atoms with Crippen LogP contribution in [0.2, 0.25) is 0 Å². The molecular weight excluding hydrogens is 392 g/mol. The lowest BCUT2D eigenvalue weighted by molar-refractivity contribution is -0.131. The van der Waals surface area contributed by atoms with Crippen molar-refractivity contribution in [3.8, 4) is 5.75 Å². The maximum absolute atomic E-state index is 12.9. The summed E-state index contributed by atoms with van der Waals surface area (Å²) in [5.41, 5.74) is 2.43. The number of nitrogens with zero attached hydrogens (tertiary/aromatic N) is 2. The van der Waals surface area contributed by atoms with Gasteiger partial charge in [-0.3, -0.25) is 9.59 Å². The van der Waals surface area contributed by atoms with Crippen LogP contribution in [-0.4, -0.2) is 55.7 Å². The molecule has 0 radical (unpaired) electrons. The average molecular weight is 416 g/mol. The van der Waals surface area contributed by atoms with Crippen molar-refractivity contribution in [1.29, 1.82) is 0 Å². The van der Waals surface area contributed by atoms with Gasteiger partial charge < -0.3 is 9.64 Å². The van der Waals surface area contributed by atoms with Crippen LogP contribution in [0, 0.1) is 13.8 Å². The predicted octanol–water partition coefficient (Wildman–Crippen LogP) is 2.38. The van der Waals surface area contributed by atoms with Gasteiger partial charge in [0.1, 0.15) is 5.75 Å². The Balaban J connectivity index is 1.65. The number of sulfonamides is 1. The fraction of sp³-hybridized carbons (Fsp3) is 0.333. The Morgan fingerprint density at radius 3 is 2.07 bits per heavy atom. The van der Waals surface area contributed by atoms with Crippen LogP contribution >= 0.6 is 0 Å². The number of piperazine rings is 1. The number of carbonyl (C=O) groups excluding carboxylic acids is 2. The van der Waals surface area contributed by atoms with Gasteiger partial charge >= 0.3 is 5.97 Å². The quantitative estimate of drug-likeness (QED) is 0.564. The molecule has 1 heterocycles. The minimum Gasteiger partial charge on any atom is -0.427 e. The molecule has 0 aromatic heterocycles. The third-order valence-electron chi connectivity index (χ3n) is 5.00. The molecule has 154 valence electrons. The number of hydrogen-bond acceptors (Lipinski definition) is 5. The lowest BCUT2D eigenvalue weighted by atomic mass is 10.1. The molecule has 0 N–H and O–H groups in total. The fourth-order valence-electron chi connectivity index (χ4n) is 3.17. The molecule has 0 bridgehead atoms. The molecular formula is C21H24N2O5S. The number of benzene rings is 2. The molecule has 1 aliphatic heterocycles. The highest BCUT2D eigenvalue weighted by atomic mass is 32.2. The third kappa shape index (κ3) is 4.65. The molecule has 29 heavy (non-hydrogen) atoms. The van der Waals surface area contributed by atoms with Crippen LogP contribution in [0.1, 0.15) is 28.4 Å². The number of esters is 1. The Hall–Kier alpha value is -2.71. The molecule has 1 aliphatic rings. The monoisotopic (exact) mass is 416 g/mol. The molecule has 0 atom stereocenters. The molecule has 7 nitrogen and oxygen atoms in total. The first kappa shape index (κ1) is 21.0. The summed E-state index contributed by atoms with van der Waals surface area (Å²) in [4.78, 5) is 25.6. The van der Waals surface area contributed by atoms with E-state index in [1.54, 1.807) is 41.3 Å². The number of ether oxygens (including phenoxy) is 1. The SMILES string of the molecule is CC(=O)Oc1ccc(C(=O)N2CCN(S(=O)(=O)c3ccc(C)c(C)c3)CC2)cc1.